The molecule has 3 nitrogen and oxygen atoms in total. The average Bonchev–Trinajstić information content (AvgIpc) is 2.17. The highest BCUT2D eigenvalue weighted by Crippen LogP contribution is 2.30. The molecule has 0 atom stereocenters. The molecule has 0 bridgehead atoms. The first-order valence-corrected chi connectivity index (χ1v) is 5.25. The van der Waals surface area contributed by atoms with E-state index in [4.69, 9.17) is 0 Å². The molecule has 1 rings (SSSR count). The van der Waals surface area contributed by atoms with Crippen LogP contribution in [0.2, 0.25) is 0 Å². The van der Waals surface area contributed by atoms with Crippen molar-refractivity contribution in [2.45, 2.75) is 11.1 Å². The van der Waals surface area contributed by atoms with Gasteiger partial charge in [0.15, 0.2) is 0 Å². The standard InChI is InChI=1S/C8H7F3NO2S/c1-12-15(13,14)7-4-2-6(3-5-7)8(9,10)11/h2-5H,1H3/q-1. The number of hydrogen-bond donors (Lipinski definition) is 0. The van der Waals surface area contributed by atoms with E-state index in [1.807, 2.05) is 0 Å². The average molecular weight is 238 g/mol. The molecule has 0 unspecified atom stereocenters. The van der Waals surface area contributed by atoms with Gasteiger partial charge in [-0.05, 0) is 24.3 Å². The van der Waals surface area contributed by atoms with Crippen LogP contribution >= 0.6 is 0 Å². The van der Waals surface area contributed by atoms with Gasteiger partial charge in [-0.1, -0.05) is 0 Å². The van der Waals surface area contributed by atoms with Crippen molar-refractivity contribution < 1.29 is 21.6 Å². The Labute approximate surface area is 85.0 Å². The molecule has 0 fully saturated rings. The minimum Gasteiger partial charge on any atom is -0.547 e. The van der Waals surface area contributed by atoms with Crippen molar-refractivity contribution in [2.24, 2.45) is 0 Å². The molecule has 0 spiro atoms. The van der Waals surface area contributed by atoms with Crippen LogP contribution in [0.25, 0.3) is 4.72 Å². The monoisotopic (exact) mass is 238 g/mol. The van der Waals surface area contributed by atoms with Gasteiger partial charge in [0.1, 0.15) is 10.0 Å². The Balaban J connectivity index is 3.12. The second kappa shape index (κ2) is 3.82. The van der Waals surface area contributed by atoms with Gasteiger partial charge in [-0.2, -0.15) is 20.2 Å². The molecule has 0 aliphatic rings. The zero-order valence-electron chi connectivity index (χ0n) is 7.62. The molecule has 0 saturated heterocycles. The van der Waals surface area contributed by atoms with Crippen molar-refractivity contribution >= 4 is 10.0 Å². The van der Waals surface area contributed by atoms with Crippen LogP contribution in [-0.2, 0) is 16.2 Å². The maximum atomic E-state index is 12.1. The number of alkyl halides is 3. The highest BCUT2D eigenvalue weighted by atomic mass is 32.2. The normalized spacial score (nSPS) is 12.8. The summed E-state index contributed by atoms with van der Waals surface area (Å²) in [6, 6.07) is 3.17. The van der Waals surface area contributed by atoms with E-state index in [0.29, 0.717) is 12.1 Å². The molecule has 0 saturated carbocycles. The number of halogens is 3. The number of rotatable bonds is 2. The van der Waals surface area contributed by atoms with Crippen LogP contribution in [0.3, 0.4) is 0 Å². The van der Waals surface area contributed by atoms with Crippen molar-refractivity contribution in [3.63, 3.8) is 0 Å². The summed E-state index contributed by atoms with van der Waals surface area (Å²) in [6.45, 7) is 0. The summed E-state index contributed by atoms with van der Waals surface area (Å²) in [4.78, 5) is -0.252. The third-order valence-corrected chi connectivity index (χ3v) is 3.07. The fourth-order valence-electron chi connectivity index (χ4n) is 0.921. The summed E-state index contributed by atoms with van der Waals surface area (Å²) in [6.07, 6.45) is -4.47. The van der Waals surface area contributed by atoms with E-state index in [1.165, 1.54) is 0 Å². The first-order chi connectivity index (χ1) is 6.77. The summed E-state index contributed by atoms with van der Waals surface area (Å²) < 4.78 is 61.7. The van der Waals surface area contributed by atoms with Crippen molar-refractivity contribution in [3.8, 4) is 0 Å². The lowest BCUT2D eigenvalue weighted by molar-refractivity contribution is -0.137. The fraction of sp³-hybridized carbons (Fsp3) is 0.250. The number of nitrogens with zero attached hydrogens (tertiary/aromatic N) is 1. The lowest BCUT2D eigenvalue weighted by atomic mass is 10.2. The van der Waals surface area contributed by atoms with Crippen LogP contribution in [-0.4, -0.2) is 15.5 Å². The first-order valence-electron chi connectivity index (χ1n) is 3.81. The van der Waals surface area contributed by atoms with E-state index >= 15 is 0 Å². The topological polar surface area (TPSA) is 48.2 Å². The van der Waals surface area contributed by atoms with Gasteiger partial charge in [-0.25, -0.2) is 8.42 Å². The van der Waals surface area contributed by atoms with Gasteiger partial charge < -0.3 is 4.72 Å². The Morgan fingerprint density at radius 2 is 1.60 bits per heavy atom. The quantitative estimate of drug-likeness (QED) is 0.794. The molecule has 1 aromatic carbocycles. The Morgan fingerprint density at radius 3 is 1.93 bits per heavy atom. The summed E-state index contributed by atoms with van der Waals surface area (Å²) in [5.41, 5.74) is -0.891. The van der Waals surface area contributed by atoms with Gasteiger partial charge in [-0.3, -0.25) is 0 Å². The predicted octanol–water partition coefficient (Wildman–Crippen LogP) is 2.40. The van der Waals surface area contributed by atoms with Gasteiger partial charge in [-0.15, -0.1) is 0 Å². The molecule has 0 N–H and O–H groups in total. The minimum atomic E-state index is -4.47. The predicted molar refractivity (Wildman–Crippen MR) is 47.9 cm³/mol. The highest BCUT2D eigenvalue weighted by Gasteiger charge is 2.30. The molecular weight excluding hydrogens is 231 g/mol. The van der Waals surface area contributed by atoms with Crippen LogP contribution in [0.5, 0.6) is 0 Å². The Bertz CT molecular complexity index is 436. The van der Waals surface area contributed by atoms with Crippen molar-refractivity contribution in [1.82, 2.24) is 0 Å². The molecule has 7 heteroatoms. The molecule has 15 heavy (non-hydrogen) atoms. The fourth-order valence-corrected chi connectivity index (χ4v) is 1.61. The van der Waals surface area contributed by atoms with Crippen molar-refractivity contribution in [2.75, 3.05) is 7.05 Å². The van der Waals surface area contributed by atoms with Gasteiger partial charge in [0, 0.05) is 4.90 Å². The van der Waals surface area contributed by atoms with Gasteiger partial charge >= 0.3 is 6.18 Å². The zero-order chi connectivity index (χ0) is 11.7. The molecule has 1 aromatic rings. The van der Waals surface area contributed by atoms with Crippen LogP contribution in [0.15, 0.2) is 29.2 Å². The smallest absolute Gasteiger partial charge is 0.416 e. The second-order valence-corrected chi connectivity index (χ2v) is 4.47. The van der Waals surface area contributed by atoms with E-state index in [1.54, 1.807) is 0 Å². The van der Waals surface area contributed by atoms with E-state index in [-0.39, 0.29) is 4.90 Å². The SMILES string of the molecule is C[N-]S(=O)(=O)c1ccc(C(F)(F)F)cc1. The third kappa shape index (κ3) is 2.69. The van der Waals surface area contributed by atoms with Crippen LogP contribution in [0.4, 0.5) is 13.2 Å². The lowest BCUT2D eigenvalue weighted by Crippen LogP contribution is -2.05. The minimum absolute atomic E-state index is 0.252. The molecule has 0 heterocycles. The van der Waals surface area contributed by atoms with E-state index in [9.17, 15) is 21.6 Å². The third-order valence-electron chi connectivity index (χ3n) is 1.72. The Hall–Kier alpha value is -1.08. The Morgan fingerprint density at radius 1 is 1.13 bits per heavy atom. The zero-order valence-corrected chi connectivity index (χ0v) is 8.43. The number of sulfonamides is 1. The second-order valence-electron chi connectivity index (χ2n) is 2.68. The maximum Gasteiger partial charge on any atom is 0.416 e. The Kier molecular flexibility index (Phi) is 3.05. The van der Waals surface area contributed by atoms with E-state index in [0.717, 1.165) is 19.2 Å². The van der Waals surface area contributed by atoms with Crippen LogP contribution < -0.4 is 0 Å². The molecule has 0 radical (unpaired) electrons. The maximum absolute atomic E-state index is 12.1. The largest absolute Gasteiger partial charge is 0.547 e. The molecule has 0 aliphatic carbocycles. The molecule has 0 aromatic heterocycles. The van der Waals surface area contributed by atoms with Crippen molar-refractivity contribution in [3.05, 3.63) is 34.6 Å². The van der Waals surface area contributed by atoms with E-state index < -0.39 is 21.8 Å². The van der Waals surface area contributed by atoms with E-state index in [2.05, 4.69) is 4.72 Å². The highest BCUT2D eigenvalue weighted by molar-refractivity contribution is 7.94. The van der Waals surface area contributed by atoms with Crippen LogP contribution in [0.1, 0.15) is 5.56 Å². The summed E-state index contributed by atoms with van der Waals surface area (Å²) in [7, 11) is -2.74. The van der Waals surface area contributed by atoms with Gasteiger partial charge in [0.25, 0.3) is 0 Å². The molecule has 84 valence electrons. The summed E-state index contributed by atoms with van der Waals surface area (Å²) in [5, 5.41) is 0. The van der Waals surface area contributed by atoms with Crippen LogP contribution in [0, 0.1) is 0 Å². The summed E-state index contributed by atoms with van der Waals surface area (Å²) in [5.74, 6) is 0. The van der Waals surface area contributed by atoms with Crippen molar-refractivity contribution in [1.29, 1.82) is 0 Å². The summed E-state index contributed by atoms with van der Waals surface area (Å²) >= 11 is 0. The lowest BCUT2D eigenvalue weighted by Gasteiger charge is -2.14. The molecule has 0 aliphatic heterocycles. The molecular formula is C8H7F3NO2S-. The number of benzene rings is 1. The number of hydrogen-bond acceptors (Lipinski definition) is 2. The molecule has 0 amide bonds. The van der Waals surface area contributed by atoms with Gasteiger partial charge in [0.05, 0.1) is 5.56 Å². The first kappa shape index (κ1) is 12.0. The van der Waals surface area contributed by atoms with Gasteiger partial charge in [0.2, 0.25) is 0 Å².